The van der Waals surface area contributed by atoms with Crippen LogP contribution in [0.2, 0.25) is 0 Å². The van der Waals surface area contributed by atoms with Gasteiger partial charge in [0.2, 0.25) is 5.95 Å². The van der Waals surface area contributed by atoms with Crippen molar-refractivity contribution in [2.75, 3.05) is 28.6 Å². The number of halogens is 2. The minimum absolute atomic E-state index is 0.161. The smallest absolute Gasteiger partial charge is 0.408 e. The predicted molar refractivity (Wildman–Crippen MR) is 121 cm³/mol. The summed E-state index contributed by atoms with van der Waals surface area (Å²) in [6, 6.07) is 8.84. The molecule has 0 radical (unpaired) electrons. The second-order valence-electron chi connectivity index (χ2n) is 7.95. The van der Waals surface area contributed by atoms with Crippen LogP contribution in [0.4, 0.5) is 37.7 Å². The first-order valence-electron chi connectivity index (χ1n) is 10.4. The molecule has 33 heavy (non-hydrogen) atoms. The zero-order valence-electron chi connectivity index (χ0n) is 17.7. The molecule has 1 saturated heterocycles. The summed E-state index contributed by atoms with van der Waals surface area (Å²) in [4.78, 5) is 29.1. The average molecular weight is 453 g/mol. The number of fused-ring (bicyclic) bond motifs is 1. The lowest BCUT2D eigenvalue weighted by atomic mass is 10.1. The predicted octanol–water partition coefficient (Wildman–Crippen LogP) is 4.34. The SMILES string of the molecule is Cc1cnc(Nc2ccc(N3CCC(F)(F)CC3)nc2)nc1Nc1ccc2oc(=O)[nH]c2c1. The lowest BCUT2D eigenvalue weighted by molar-refractivity contribution is -0.0221. The van der Waals surface area contributed by atoms with Crippen LogP contribution in [-0.4, -0.2) is 38.9 Å². The maximum absolute atomic E-state index is 13.4. The van der Waals surface area contributed by atoms with Crippen LogP contribution in [0.3, 0.4) is 0 Å². The van der Waals surface area contributed by atoms with Gasteiger partial charge in [-0.05, 0) is 37.3 Å². The van der Waals surface area contributed by atoms with E-state index in [1.807, 2.05) is 17.9 Å². The minimum Gasteiger partial charge on any atom is -0.408 e. The van der Waals surface area contributed by atoms with Gasteiger partial charge in [0.15, 0.2) is 5.58 Å². The number of benzene rings is 1. The second kappa shape index (κ2) is 8.15. The molecule has 4 heterocycles. The summed E-state index contributed by atoms with van der Waals surface area (Å²) in [6.07, 6.45) is 2.99. The fourth-order valence-electron chi connectivity index (χ4n) is 3.63. The molecule has 0 bridgehead atoms. The molecular formula is C22H21F2N7O2. The van der Waals surface area contributed by atoms with Gasteiger partial charge in [0.1, 0.15) is 11.6 Å². The van der Waals surface area contributed by atoms with Crippen molar-refractivity contribution in [3.8, 4) is 0 Å². The van der Waals surface area contributed by atoms with Gasteiger partial charge in [0.05, 0.1) is 17.4 Å². The van der Waals surface area contributed by atoms with Crippen molar-refractivity contribution in [1.29, 1.82) is 0 Å². The summed E-state index contributed by atoms with van der Waals surface area (Å²) in [7, 11) is 0. The molecule has 0 unspecified atom stereocenters. The molecule has 0 amide bonds. The van der Waals surface area contributed by atoms with Gasteiger partial charge in [-0.2, -0.15) is 4.98 Å². The third kappa shape index (κ3) is 4.61. The highest BCUT2D eigenvalue weighted by Crippen LogP contribution is 2.30. The Morgan fingerprint density at radius 1 is 1.06 bits per heavy atom. The van der Waals surface area contributed by atoms with Gasteiger partial charge in [0.25, 0.3) is 5.92 Å². The maximum Gasteiger partial charge on any atom is 0.417 e. The number of aromatic nitrogens is 4. The number of hydrogen-bond donors (Lipinski definition) is 3. The van der Waals surface area contributed by atoms with Crippen LogP contribution in [0.5, 0.6) is 0 Å². The number of oxazole rings is 1. The van der Waals surface area contributed by atoms with E-state index < -0.39 is 11.7 Å². The first kappa shape index (κ1) is 20.9. The van der Waals surface area contributed by atoms with E-state index in [2.05, 4.69) is 30.6 Å². The van der Waals surface area contributed by atoms with Gasteiger partial charge in [-0.25, -0.2) is 23.5 Å². The van der Waals surface area contributed by atoms with Gasteiger partial charge in [-0.15, -0.1) is 0 Å². The molecule has 0 spiro atoms. The summed E-state index contributed by atoms with van der Waals surface area (Å²) in [5.41, 5.74) is 3.29. The number of alkyl halides is 2. The van der Waals surface area contributed by atoms with Crippen molar-refractivity contribution in [2.45, 2.75) is 25.7 Å². The third-order valence-corrected chi connectivity index (χ3v) is 5.48. The van der Waals surface area contributed by atoms with Gasteiger partial charge in [-0.1, -0.05) is 0 Å². The summed E-state index contributed by atoms with van der Waals surface area (Å²) >= 11 is 0. The molecular weight excluding hydrogens is 432 g/mol. The Labute approximate surface area is 186 Å². The molecule has 4 aromatic rings. The molecule has 3 N–H and O–H groups in total. The van der Waals surface area contributed by atoms with E-state index in [1.54, 1.807) is 36.7 Å². The van der Waals surface area contributed by atoms with E-state index in [4.69, 9.17) is 4.42 Å². The molecule has 170 valence electrons. The van der Waals surface area contributed by atoms with Crippen molar-refractivity contribution in [2.24, 2.45) is 0 Å². The molecule has 1 aliphatic rings. The minimum atomic E-state index is -2.59. The fourth-order valence-corrected chi connectivity index (χ4v) is 3.63. The summed E-state index contributed by atoms with van der Waals surface area (Å²) in [5.74, 6) is -1.47. The third-order valence-electron chi connectivity index (χ3n) is 5.48. The Morgan fingerprint density at radius 2 is 1.85 bits per heavy atom. The van der Waals surface area contributed by atoms with Crippen LogP contribution in [-0.2, 0) is 0 Å². The number of nitrogens with zero attached hydrogens (tertiary/aromatic N) is 4. The highest BCUT2D eigenvalue weighted by atomic mass is 19.3. The summed E-state index contributed by atoms with van der Waals surface area (Å²) < 4.78 is 31.8. The monoisotopic (exact) mass is 453 g/mol. The van der Waals surface area contributed by atoms with Crippen molar-refractivity contribution in [1.82, 2.24) is 19.9 Å². The van der Waals surface area contributed by atoms with Crippen LogP contribution in [0.25, 0.3) is 11.1 Å². The molecule has 1 aromatic carbocycles. The van der Waals surface area contributed by atoms with Crippen LogP contribution >= 0.6 is 0 Å². The van der Waals surface area contributed by atoms with E-state index in [-0.39, 0.29) is 25.9 Å². The number of hydrogen-bond acceptors (Lipinski definition) is 8. The second-order valence-corrected chi connectivity index (χ2v) is 7.95. The summed E-state index contributed by atoms with van der Waals surface area (Å²) in [6.45, 7) is 2.44. The number of H-pyrrole nitrogens is 1. The van der Waals surface area contributed by atoms with Crippen molar-refractivity contribution in [3.63, 3.8) is 0 Å². The molecule has 9 nitrogen and oxygen atoms in total. The highest BCUT2D eigenvalue weighted by molar-refractivity contribution is 5.78. The Hall–Kier alpha value is -4.02. The Bertz CT molecular complexity index is 1340. The molecule has 5 rings (SSSR count). The molecule has 0 atom stereocenters. The topological polar surface area (TPSA) is 112 Å². The Balaban J connectivity index is 1.29. The van der Waals surface area contributed by atoms with Crippen molar-refractivity contribution >= 4 is 40.1 Å². The first-order valence-corrected chi connectivity index (χ1v) is 10.4. The molecule has 0 aliphatic carbocycles. The molecule has 1 aliphatic heterocycles. The summed E-state index contributed by atoms with van der Waals surface area (Å²) in [5, 5.41) is 6.33. The van der Waals surface area contributed by atoms with Gasteiger partial charge in [0, 0.05) is 43.4 Å². The quantitative estimate of drug-likeness (QED) is 0.409. The number of aryl methyl sites for hydroxylation is 1. The molecule has 1 fully saturated rings. The zero-order chi connectivity index (χ0) is 23.0. The van der Waals surface area contributed by atoms with Crippen molar-refractivity contribution < 1.29 is 13.2 Å². The van der Waals surface area contributed by atoms with Crippen LogP contribution < -0.4 is 21.3 Å². The molecule has 3 aromatic heterocycles. The largest absolute Gasteiger partial charge is 0.417 e. The van der Waals surface area contributed by atoms with Crippen LogP contribution in [0, 0.1) is 6.92 Å². The Kier molecular flexibility index (Phi) is 5.15. The van der Waals surface area contributed by atoms with E-state index in [1.165, 1.54) is 0 Å². The number of aromatic amines is 1. The first-order chi connectivity index (χ1) is 15.8. The fraction of sp³-hybridized carbons (Fsp3) is 0.273. The standard InChI is InChI=1S/C22H21F2N7O2/c1-13-11-26-20(30-19(13)27-14-2-4-17-16(10-14)29-21(32)33-17)28-15-3-5-18(25-12-15)31-8-6-22(23,24)7-9-31/h2-5,10-12H,6-9H2,1H3,(H,29,32)(H2,26,27,28,30). The van der Waals surface area contributed by atoms with E-state index in [0.717, 1.165) is 11.3 Å². The number of rotatable bonds is 5. The Morgan fingerprint density at radius 3 is 2.61 bits per heavy atom. The number of pyridine rings is 1. The van der Waals surface area contributed by atoms with Gasteiger partial charge >= 0.3 is 5.76 Å². The van der Waals surface area contributed by atoms with Crippen LogP contribution in [0.15, 0.2) is 51.9 Å². The normalized spacial score (nSPS) is 15.5. The van der Waals surface area contributed by atoms with E-state index in [0.29, 0.717) is 34.4 Å². The zero-order valence-corrected chi connectivity index (χ0v) is 17.7. The van der Waals surface area contributed by atoms with Gasteiger partial charge < -0.3 is 20.0 Å². The van der Waals surface area contributed by atoms with E-state index in [9.17, 15) is 13.6 Å². The van der Waals surface area contributed by atoms with Crippen LogP contribution in [0.1, 0.15) is 18.4 Å². The number of nitrogens with one attached hydrogen (secondary N) is 3. The van der Waals surface area contributed by atoms with E-state index >= 15 is 0 Å². The molecule has 0 saturated carbocycles. The molecule has 11 heteroatoms. The maximum atomic E-state index is 13.4. The highest BCUT2D eigenvalue weighted by Gasteiger charge is 2.34. The van der Waals surface area contributed by atoms with Gasteiger partial charge in [-0.3, -0.25) is 4.98 Å². The number of anilines is 5. The number of piperidine rings is 1. The average Bonchev–Trinajstić information content (AvgIpc) is 3.16. The lowest BCUT2D eigenvalue weighted by Crippen LogP contribution is -2.39. The lowest BCUT2D eigenvalue weighted by Gasteiger charge is -2.32. The van der Waals surface area contributed by atoms with Crippen molar-refractivity contribution in [3.05, 3.63) is 58.8 Å².